The molecule has 0 saturated carbocycles. The first-order chi connectivity index (χ1) is 5.43. The summed E-state index contributed by atoms with van der Waals surface area (Å²) >= 11 is 0. The lowest BCUT2D eigenvalue weighted by atomic mass is 10.2. The van der Waals surface area contributed by atoms with Gasteiger partial charge in [-0.25, -0.2) is 0 Å². The molecule has 1 aliphatic carbocycles. The van der Waals surface area contributed by atoms with Gasteiger partial charge in [-0.3, -0.25) is 0 Å². The van der Waals surface area contributed by atoms with E-state index in [0.29, 0.717) is 0 Å². The minimum atomic E-state index is 0.966. The van der Waals surface area contributed by atoms with Gasteiger partial charge in [-0.1, -0.05) is 30.4 Å². The highest BCUT2D eigenvalue weighted by atomic mass is 14.9. The van der Waals surface area contributed by atoms with Crippen LogP contribution in [0.3, 0.4) is 0 Å². The second kappa shape index (κ2) is 4.56. The molecule has 0 aliphatic heterocycles. The summed E-state index contributed by atoms with van der Waals surface area (Å²) in [6.07, 6.45) is 14.2. The van der Waals surface area contributed by atoms with Crippen LogP contribution in [0.25, 0.3) is 0 Å². The van der Waals surface area contributed by atoms with E-state index in [1.54, 1.807) is 0 Å². The molecular formula is C10H13N. The third-order valence-electron chi connectivity index (χ3n) is 1.38. The Bertz CT molecular complexity index is 219. The Hall–Kier alpha value is -1.24. The van der Waals surface area contributed by atoms with Crippen LogP contribution < -0.4 is 5.32 Å². The smallest absolute Gasteiger partial charge is 0.0340 e. The van der Waals surface area contributed by atoms with Gasteiger partial charge in [-0.2, -0.15) is 0 Å². The molecule has 0 spiro atoms. The van der Waals surface area contributed by atoms with Crippen LogP contribution in [0.1, 0.15) is 6.92 Å². The van der Waals surface area contributed by atoms with E-state index < -0.39 is 0 Å². The Balaban J connectivity index is 2.62. The summed E-state index contributed by atoms with van der Waals surface area (Å²) in [6, 6.07) is 0. The third kappa shape index (κ3) is 2.89. The van der Waals surface area contributed by atoms with Crippen LogP contribution in [0.5, 0.6) is 0 Å². The molecule has 1 nitrogen and oxygen atoms in total. The zero-order valence-electron chi connectivity index (χ0n) is 6.75. The Morgan fingerprint density at radius 3 is 2.64 bits per heavy atom. The molecule has 0 unspecified atom stereocenters. The van der Waals surface area contributed by atoms with Crippen LogP contribution in [0.15, 0.2) is 48.2 Å². The maximum atomic E-state index is 3.24. The molecule has 0 fully saturated rings. The van der Waals surface area contributed by atoms with Crippen LogP contribution >= 0.6 is 0 Å². The topological polar surface area (TPSA) is 12.0 Å². The highest BCUT2D eigenvalue weighted by Crippen LogP contribution is 1.96. The molecule has 1 N–H and O–H groups in total. The predicted molar refractivity (Wildman–Crippen MR) is 49.2 cm³/mol. The quantitative estimate of drug-likeness (QED) is 0.631. The minimum absolute atomic E-state index is 0.966. The second-order valence-corrected chi connectivity index (χ2v) is 2.28. The van der Waals surface area contributed by atoms with Gasteiger partial charge in [0, 0.05) is 12.2 Å². The summed E-state index contributed by atoms with van der Waals surface area (Å²) in [5.74, 6) is 0. The summed E-state index contributed by atoms with van der Waals surface area (Å²) in [7, 11) is 0. The number of nitrogens with one attached hydrogen (secondary N) is 1. The molecule has 1 aliphatic rings. The first kappa shape index (κ1) is 7.86. The van der Waals surface area contributed by atoms with Gasteiger partial charge in [0.15, 0.2) is 0 Å². The Morgan fingerprint density at radius 1 is 1.09 bits per heavy atom. The summed E-state index contributed by atoms with van der Waals surface area (Å²) in [5, 5.41) is 3.24. The number of rotatable bonds is 2. The number of hydrogen-bond donors (Lipinski definition) is 1. The fourth-order valence-electron chi connectivity index (χ4n) is 0.888. The Morgan fingerprint density at radius 2 is 1.82 bits per heavy atom. The normalized spacial score (nSPS) is 29.0. The molecule has 1 heteroatoms. The highest BCUT2D eigenvalue weighted by molar-refractivity contribution is 5.29. The van der Waals surface area contributed by atoms with E-state index in [1.807, 2.05) is 30.4 Å². The lowest BCUT2D eigenvalue weighted by molar-refractivity contribution is 0.879. The predicted octanol–water partition coefficient (Wildman–Crippen LogP) is 2.16. The van der Waals surface area contributed by atoms with Crippen LogP contribution in [0.2, 0.25) is 0 Å². The van der Waals surface area contributed by atoms with E-state index in [2.05, 4.69) is 24.4 Å². The first-order valence-corrected chi connectivity index (χ1v) is 3.89. The van der Waals surface area contributed by atoms with E-state index >= 15 is 0 Å². The van der Waals surface area contributed by atoms with Crippen molar-refractivity contribution in [3.8, 4) is 0 Å². The minimum Gasteiger partial charge on any atom is -0.385 e. The molecule has 0 atom stereocenters. The highest BCUT2D eigenvalue weighted by Gasteiger charge is 1.85. The van der Waals surface area contributed by atoms with Crippen molar-refractivity contribution in [1.82, 2.24) is 5.32 Å². The fourth-order valence-corrected chi connectivity index (χ4v) is 0.888. The van der Waals surface area contributed by atoms with Crippen molar-refractivity contribution in [3.05, 3.63) is 48.2 Å². The molecule has 0 aromatic rings. The standard InChI is InChI=1S/C10H13N/c1-2-11-10-8-6-4-3-5-7-9-10/h3-9,11H,2H2,1H3/b4-3-,5-3?,6-4?,7-5-,8-6-,9-7?,10-8?,10-9+. The van der Waals surface area contributed by atoms with Gasteiger partial charge in [0.25, 0.3) is 0 Å². The van der Waals surface area contributed by atoms with Crippen molar-refractivity contribution in [3.63, 3.8) is 0 Å². The van der Waals surface area contributed by atoms with E-state index in [9.17, 15) is 0 Å². The van der Waals surface area contributed by atoms with Gasteiger partial charge >= 0.3 is 0 Å². The van der Waals surface area contributed by atoms with Crippen LogP contribution in [-0.2, 0) is 0 Å². The zero-order valence-corrected chi connectivity index (χ0v) is 6.75. The summed E-state index contributed by atoms with van der Waals surface area (Å²) in [6.45, 7) is 3.06. The number of allylic oxidation sites excluding steroid dienone is 7. The average Bonchev–Trinajstić information content (AvgIpc) is 1.94. The average molecular weight is 147 g/mol. The monoisotopic (exact) mass is 147 g/mol. The van der Waals surface area contributed by atoms with Gasteiger partial charge < -0.3 is 5.32 Å². The van der Waals surface area contributed by atoms with E-state index in [0.717, 1.165) is 12.2 Å². The molecule has 0 amide bonds. The summed E-state index contributed by atoms with van der Waals surface area (Å²) in [4.78, 5) is 0. The fraction of sp³-hybridized carbons (Fsp3) is 0.200. The molecule has 0 aromatic carbocycles. The molecular weight excluding hydrogens is 134 g/mol. The van der Waals surface area contributed by atoms with Crippen molar-refractivity contribution >= 4 is 0 Å². The van der Waals surface area contributed by atoms with Gasteiger partial charge in [0.1, 0.15) is 0 Å². The molecule has 11 heavy (non-hydrogen) atoms. The molecule has 58 valence electrons. The van der Waals surface area contributed by atoms with Crippen molar-refractivity contribution in [2.24, 2.45) is 0 Å². The van der Waals surface area contributed by atoms with Gasteiger partial charge in [-0.05, 0) is 19.1 Å². The van der Waals surface area contributed by atoms with Gasteiger partial charge in [0.05, 0.1) is 0 Å². The van der Waals surface area contributed by atoms with Crippen LogP contribution in [-0.4, -0.2) is 6.54 Å². The third-order valence-corrected chi connectivity index (χ3v) is 1.38. The zero-order chi connectivity index (χ0) is 7.94. The second-order valence-electron chi connectivity index (χ2n) is 2.28. The van der Waals surface area contributed by atoms with Gasteiger partial charge in [-0.15, -0.1) is 0 Å². The van der Waals surface area contributed by atoms with Crippen molar-refractivity contribution < 1.29 is 0 Å². The molecule has 0 radical (unpaired) electrons. The van der Waals surface area contributed by atoms with Crippen LogP contribution in [0, 0.1) is 0 Å². The SMILES string of the molecule is CCNC1=C/C=C\C=C/C=C\1. The van der Waals surface area contributed by atoms with Crippen molar-refractivity contribution in [2.45, 2.75) is 6.92 Å². The lowest BCUT2D eigenvalue weighted by Gasteiger charge is -2.01. The van der Waals surface area contributed by atoms with E-state index in [-0.39, 0.29) is 0 Å². The molecule has 0 heterocycles. The first-order valence-electron chi connectivity index (χ1n) is 3.89. The van der Waals surface area contributed by atoms with Crippen LogP contribution in [0.4, 0.5) is 0 Å². The van der Waals surface area contributed by atoms with E-state index in [4.69, 9.17) is 0 Å². The Kier molecular flexibility index (Phi) is 3.26. The maximum absolute atomic E-state index is 3.24. The molecule has 0 saturated heterocycles. The lowest BCUT2D eigenvalue weighted by Crippen LogP contribution is -2.09. The summed E-state index contributed by atoms with van der Waals surface area (Å²) in [5.41, 5.74) is 1.16. The van der Waals surface area contributed by atoms with Crippen molar-refractivity contribution in [2.75, 3.05) is 6.54 Å². The maximum Gasteiger partial charge on any atom is 0.0340 e. The molecule has 0 bridgehead atoms. The molecule has 1 rings (SSSR count). The largest absolute Gasteiger partial charge is 0.385 e. The molecule has 0 aromatic heterocycles. The summed E-state index contributed by atoms with van der Waals surface area (Å²) < 4.78 is 0. The van der Waals surface area contributed by atoms with Gasteiger partial charge in [0.2, 0.25) is 0 Å². The number of hydrogen-bond acceptors (Lipinski definition) is 1. The van der Waals surface area contributed by atoms with Crippen molar-refractivity contribution in [1.29, 1.82) is 0 Å². The Labute approximate surface area is 67.8 Å². The number of likely N-dealkylation sites (N-methyl/N-ethyl adjacent to an activating group) is 1. The van der Waals surface area contributed by atoms with E-state index in [1.165, 1.54) is 0 Å².